The van der Waals surface area contributed by atoms with E-state index in [4.69, 9.17) is 0 Å². The van der Waals surface area contributed by atoms with Crippen LogP contribution in [0, 0.1) is 6.92 Å². The van der Waals surface area contributed by atoms with Crippen molar-refractivity contribution in [2.45, 2.75) is 13.5 Å². The molecule has 0 saturated heterocycles. The van der Waals surface area contributed by atoms with Crippen LogP contribution in [0.25, 0.3) is 6.08 Å². The Morgan fingerprint density at radius 1 is 0.846 bits per heavy atom. The standard InChI is InChI=1S/C24H23NO/c1-19-12-14-20(15-13-19)16-23(24(26)22-10-6-3-7-11-22)18-25-17-21-8-4-2-5-9-21/h2-16,25H,17-18H2,1H3/b23-16+. The molecule has 3 rings (SSSR count). The van der Waals surface area contributed by atoms with Gasteiger partial charge in [-0.2, -0.15) is 0 Å². The minimum Gasteiger partial charge on any atom is -0.308 e. The van der Waals surface area contributed by atoms with Crippen molar-refractivity contribution >= 4 is 11.9 Å². The predicted octanol–water partition coefficient (Wildman–Crippen LogP) is 5.05. The van der Waals surface area contributed by atoms with Crippen molar-refractivity contribution in [3.63, 3.8) is 0 Å². The highest BCUT2D eigenvalue weighted by Gasteiger charge is 2.12. The second-order valence-corrected chi connectivity index (χ2v) is 6.36. The third-order valence-electron chi connectivity index (χ3n) is 4.23. The molecule has 2 nitrogen and oxygen atoms in total. The quantitative estimate of drug-likeness (QED) is 0.481. The van der Waals surface area contributed by atoms with E-state index in [1.54, 1.807) is 0 Å². The van der Waals surface area contributed by atoms with Crippen LogP contribution < -0.4 is 5.32 Å². The monoisotopic (exact) mass is 341 g/mol. The van der Waals surface area contributed by atoms with Gasteiger partial charge in [-0.15, -0.1) is 0 Å². The van der Waals surface area contributed by atoms with E-state index in [9.17, 15) is 4.79 Å². The zero-order valence-electron chi connectivity index (χ0n) is 15.0. The molecule has 2 heteroatoms. The summed E-state index contributed by atoms with van der Waals surface area (Å²) in [4.78, 5) is 13.0. The predicted molar refractivity (Wildman–Crippen MR) is 108 cm³/mol. The van der Waals surface area contributed by atoms with Gasteiger partial charge in [-0.25, -0.2) is 0 Å². The molecule has 0 fully saturated rings. The number of carbonyl (C=O) groups is 1. The number of ketones is 1. The third-order valence-corrected chi connectivity index (χ3v) is 4.23. The van der Waals surface area contributed by atoms with Crippen LogP contribution in [0.4, 0.5) is 0 Å². The van der Waals surface area contributed by atoms with Gasteiger partial charge in [0.1, 0.15) is 0 Å². The van der Waals surface area contributed by atoms with Crippen LogP contribution in [0.5, 0.6) is 0 Å². The van der Waals surface area contributed by atoms with Crippen molar-refractivity contribution in [1.29, 1.82) is 0 Å². The van der Waals surface area contributed by atoms with E-state index < -0.39 is 0 Å². The Bertz CT molecular complexity index is 865. The molecule has 0 unspecified atom stereocenters. The molecule has 0 aliphatic rings. The molecular weight excluding hydrogens is 318 g/mol. The SMILES string of the molecule is Cc1ccc(/C=C(\CNCc2ccccc2)C(=O)c2ccccc2)cc1. The van der Waals surface area contributed by atoms with Gasteiger partial charge < -0.3 is 5.32 Å². The van der Waals surface area contributed by atoms with Crippen LogP contribution in [0.3, 0.4) is 0 Å². The van der Waals surface area contributed by atoms with Crippen LogP contribution in [-0.2, 0) is 6.54 Å². The van der Waals surface area contributed by atoms with Crippen molar-refractivity contribution < 1.29 is 4.79 Å². The normalized spacial score (nSPS) is 11.3. The Kier molecular flexibility index (Phi) is 6.13. The Balaban J connectivity index is 1.79. The fourth-order valence-corrected chi connectivity index (χ4v) is 2.77. The molecule has 0 radical (unpaired) electrons. The van der Waals surface area contributed by atoms with E-state index in [0.29, 0.717) is 12.1 Å². The highest BCUT2D eigenvalue weighted by Crippen LogP contribution is 2.14. The number of carbonyl (C=O) groups excluding carboxylic acids is 1. The smallest absolute Gasteiger partial charge is 0.190 e. The van der Waals surface area contributed by atoms with Gasteiger partial charge >= 0.3 is 0 Å². The molecule has 130 valence electrons. The molecule has 3 aromatic carbocycles. The van der Waals surface area contributed by atoms with E-state index in [-0.39, 0.29) is 5.78 Å². The number of nitrogens with one attached hydrogen (secondary N) is 1. The Labute approximate surface area is 155 Å². The van der Waals surface area contributed by atoms with E-state index in [1.165, 1.54) is 11.1 Å². The molecule has 0 saturated carbocycles. The zero-order valence-corrected chi connectivity index (χ0v) is 15.0. The van der Waals surface area contributed by atoms with E-state index in [1.807, 2.05) is 66.7 Å². The summed E-state index contributed by atoms with van der Waals surface area (Å²) >= 11 is 0. The summed E-state index contributed by atoms with van der Waals surface area (Å²) in [5.41, 5.74) is 4.93. The third kappa shape index (κ3) is 5.01. The maximum atomic E-state index is 13.0. The summed E-state index contributed by atoms with van der Waals surface area (Å²) in [5.74, 6) is 0.0618. The van der Waals surface area contributed by atoms with E-state index in [2.05, 4.69) is 36.5 Å². The lowest BCUT2D eigenvalue weighted by molar-refractivity contribution is 0.103. The van der Waals surface area contributed by atoms with Gasteiger partial charge in [0.2, 0.25) is 0 Å². The van der Waals surface area contributed by atoms with Gasteiger partial charge in [0.05, 0.1) is 0 Å². The number of rotatable bonds is 7. The first-order valence-corrected chi connectivity index (χ1v) is 8.84. The maximum Gasteiger partial charge on any atom is 0.190 e. The summed E-state index contributed by atoms with van der Waals surface area (Å²) in [6, 6.07) is 27.9. The average Bonchev–Trinajstić information content (AvgIpc) is 2.70. The first-order valence-electron chi connectivity index (χ1n) is 8.84. The molecule has 26 heavy (non-hydrogen) atoms. The molecule has 3 aromatic rings. The molecule has 0 heterocycles. The Hall–Kier alpha value is -2.97. The summed E-state index contributed by atoms with van der Waals surface area (Å²) in [6.45, 7) is 3.32. The van der Waals surface area contributed by atoms with Crippen molar-refractivity contribution in [3.05, 3.63) is 113 Å². The van der Waals surface area contributed by atoms with Gasteiger partial charge in [0, 0.05) is 24.2 Å². The average molecular weight is 341 g/mol. The molecular formula is C24H23NO. The Morgan fingerprint density at radius 3 is 2.12 bits per heavy atom. The van der Waals surface area contributed by atoms with Crippen molar-refractivity contribution in [1.82, 2.24) is 5.32 Å². The highest BCUT2D eigenvalue weighted by atomic mass is 16.1. The minimum atomic E-state index is 0.0618. The molecule has 0 bridgehead atoms. The molecule has 0 amide bonds. The number of hydrogen-bond donors (Lipinski definition) is 1. The molecule has 0 aromatic heterocycles. The Morgan fingerprint density at radius 2 is 1.46 bits per heavy atom. The maximum absolute atomic E-state index is 13.0. The second-order valence-electron chi connectivity index (χ2n) is 6.36. The summed E-state index contributed by atoms with van der Waals surface area (Å²) in [7, 11) is 0. The lowest BCUT2D eigenvalue weighted by Crippen LogP contribution is -2.21. The largest absolute Gasteiger partial charge is 0.308 e. The van der Waals surface area contributed by atoms with Crippen LogP contribution >= 0.6 is 0 Å². The fraction of sp³-hybridized carbons (Fsp3) is 0.125. The van der Waals surface area contributed by atoms with Crippen LogP contribution in [0.1, 0.15) is 27.0 Å². The first-order chi connectivity index (χ1) is 12.7. The fourth-order valence-electron chi connectivity index (χ4n) is 2.77. The van der Waals surface area contributed by atoms with Gasteiger partial charge in [0.25, 0.3) is 0 Å². The van der Waals surface area contributed by atoms with Crippen molar-refractivity contribution in [2.75, 3.05) is 6.54 Å². The van der Waals surface area contributed by atoms with Gasteiger partial charge in [-0.3, -0.25) is 4.79 Å². The lowest BCUT2D eigenvalue weighted by atomic mass is 10.0. The summed E-state index contributed by atoms with van der Waals surface area (Å²) in [5, 5.41) is 3.39. The number of aryl methyl sites for hydroxylation is 1. The molecule has 1 N–H and O–H groups in total. The summed E-state index contributed by atoms with van der Waals surface area (Å²) < 4.78 is 0. The second kappa shape index (κ2) is 8.93. The highest BCUT2D eigenvalue weighted by molar-refractivity contribution is 6.11. The zero-order chi connectivity index (χ0) is 18.2. The van der Waals surface area contributed by atoms with E-state index >= 15 is 0 Å². The van der Waals surface area contributed by atoms with Crippen molar-refractivity contribution in [3.8, 4) is 0 Å². The van der Waals surface area contributed by atoms with Gasteiger partial charge in [-0.05, 0) is 24.1 Å². The number of Topliss-reactive ketones (excluding diaryl/α,β-unsaturated/α-hetero) is 1. The molecule has 0 spiro atoms. The minimum absolute atomic E-state index is 0.0618. The van der Waals surface area contributed by atoms with Gasteiger partial charge in [-0.1, -0.05) is 90.5 Å². The summed E-state index contributed by atoms with van der Waals surface area (Å²) in [6.07, 6.45) is 1.98. The van der Waals surface area contributed by atoms with Gasteiger partial charge in [0.15, 0.2) is 5.78 Å². The van der Waals surface area contributed by atoms with Crippen LogP contribution in [0.2, 0.25) is 0 Å². The number of hydrogen-bond acceptors (Lipinski definition) is 2. The van der Waals surface area contributed by atoms with Crippen LogP contribution in [-0.4, -0.2) is 12.3 Å². The number of benzene rings is 3. The van der Waals surface area contributed by atoms with Crippen LogP contribution in [0.15, 0.2) is 90.5 Å². The first kappa shape index (κ1) is 17.8. The molecule has 0 atom stereocenters. The lowest BCUT2D eigenvalue weighted by Gasteiger charge is -2.10. The topological polar surface area (TPSA) is 29.1 Å². The molecule has 0 aliphatic heterocycles. The van der Waals surface area contributed by atoms with Crippen molar-refractivity contribution in [2.24, 2.45) is 0 Å². The van der Waals surface area contributed by atoms with E-state index in [0.717, 1.165) is 17.7 Å². The molecule has 0 aliphatic carbocycles.